The summed E-state index contributed by atoms with van der Waals surface area (Å²) in [5.41, 5.74) is 0. The number of ether oxygens (including phenoxy) is 1. The van der Waals surface area contributed by atoms with Crippen LogP contribution in [0.5, 0.6) is 0 Å². The van der Waals surface area contributed by atoms with Crippen LogP contribution in [0.4, 0.5) is 0 Å². The lowest BCUT2D eigenvalue weighted by atomic mass is 10.0. The van der Waals surface area contributed by atoms with Gasteiger partial charge in [-0.05, 0) is 64.2 Å². The van der Waals surface area contributed by atoms with Gasteiger partial charge in [0.05, 0.1) is 0 Å². The molecule has 0 aromatic rings. The Balaban J connectivity index is 3.69. The first-order chi connectivity index (χ1) is 21.1. The Morgan fingerprint density at radius 2 is 0.930 bits per heavy atom. The van der Waals surface area contributed by atoms with Gasteiger partial charge in [-0.15, -0.1) is 0 Å². The second-order valence-corrected chi connectivity index (χ2v) is 12.8. The highest BCUT2D eigenvalue weighted by Crippen LogP contribution is 2.18. The third kappa shape index (κ3) is 34.8. The average Bonchev–Trinajstić information content (AvgIpc) is 2.99. The lowest BCUT2D eigenvalue weighted by Gasteiger charge is -2.18. The van der Waals surface area contributed by atoms with E-state index in [1.54, 1.807) is 0 Å². The molecule has 1 atom stereocenters. The van der Waals surface area contributed by atoms with Crippen molar-refractivity contribution in [2.45, 2.75) is 213 Å². The van der Waals surface area contributed by atoms with Gasteiger partial charge in [0.1, 0.15) is 6.10 Å². The number of carboxylic acid groups (broad SMARTS) is 1. The van der Waals surface area contributed by atoms with Crippen molar-refractivity contribution in [3.05, 3.63) is 24.3 Å². The molecule has 0 amide bonds. The van der Waals surface area contributed by atoms with Crippen LogP contribution in [0.3, 0.4) is 0 Å². The molecule has 0 aliphatic carbocycles. The minimum Gasteiger partial charge on any atom is -0.481 e. The van der Waals surface area contributed by atoms with Crippen molar-refractivity contribution in [2.75, 3.05) is 0 Å². The Morgan fingerprint density at radius 3 is 1.47 bits per heavy atom. The van der Waals surface area contributed by atoms with E-state index < -0.39 is 5.97 Å². The summed E-state index contributed by atoms with van der Waals surface area (Å²) in [6.45, 7) is 4.50. The molecule has 1 N–H and O–H groups in total. The van der Waals surface area contributed by atoms with Crippen LogP contribution in [-0.4, -0.2) is 23.1 Å². The van der Waals surface area contributed by atoms with E-state index in [-0.39, 0.29) is 18.5 Å². The summed E-state index contributed by atoms with van der Waals surface area (Å²) in [7, 11) is 0. The highest BCUT2D eigenvalue weighted by atomic mass is 16.5. The Hall–Kier alpha value is -1.58. The summed E-state index contributed by atoms with van der Waals surface area (Å²) in [4.78, 5) is 23.4. The number of hydrogen-bond acceptors (Lipinski definition) is 3. The van der Waals surface area contributed by atoms with Crippen LogP contribution < -0.4 is 0 Å². The van der Waals surface area contributed by atoms with Gasteiger partial charge in [-0.3, -0.25) is 9.59 Å². The van der Waals surface area contributed by atoms with Gasteiger partial charge in [0, 0.05) is 12.8 Å². The number of carboxylic acids is 1. The van der Waals surface area contributed by atoms with E-state index in [0.717, 1.165) is 32.1 Å². The number of unbranched alkanes of at least 4 members (excludes halogenated alkanes) is 21. The molecule has 0 bridgehead atoms. The van der Waals surface area contributed by atoms with Crippen molar-refractivity contribution in [1.29, 1.82) is 0 Å². The molecule has 0 spiro atoms. The van der Waals surface area contributed by atoms with E-state index in [2.05, 4.69) is 38.2 Å². The predicted octanol–water partition coefficient (Wildman–Crippen LogP) is 12.8. The number of esters is 1. The highest BCUT2D eigenvalue weighted by Gasteiger charge is 2.15. The van der Waals surface area contributed by atoms with E-state index in [1.807, 2.05) is 0 Å². The molecule has 4 heteroatoms. The Morgan fingerprint density at radius 1 is 0.512 bits per heavy atom. The third-order valence-electron chi connectivity index (χ3n) is 8.43. The second-order valence-electron chi connectivity index (χ2n) is 12.8. The second kappa shape index (κ2) is 34.9. The van der Waals surface area contributed by atoms with Crippen molar-refractivity contribution in [2.24, 2.45) is 0 Å². The Kier molecular flexibility index (Phi) is 33.6. The standard InChI is InChI=1S/C39H72O4/c1-3-5-7-9-11-13-14-15-16-17-18-19-20-21-22-23-24-25-27-29-31-36-39(42)43-37(34-32-35-38(40)41)33-30-28-26-12-10-8-6-4-2/h11,13,15-16,37H,3-10,12,14,17-36H2,1-2H3,(H,40,41)/b13-11-,16-15-. The minimum atomic E-state index is -0.771. The molecular weight excluding hydrogens is 532 g/mol. The molecular formula is C39H72O4. The first-order valence-corrected chi connectivity index (χ1v) is 18.8. The van der Waals surface area contributed by atoms with E-state index in [4.69, 9.17) is 9.84 Å². The molecule has 4 nitrogen and oxygen atoms in total. The number of carbonyl (C=O) groups excluding carboxylic acids is 1. The first kappa shape index (κ1) is 41.4. The molecule has 0 fully saturated rings. The molecule has 252 valence electrons. The summed E-state index contributed by atoms with van der Waals surface area (Å²) in [6.07, 6.45) is 43.4. The fourth-order valence-corrected chi connectivity index (χ4v) is 5.64. The van der Waals surface area contributed by atoms with Crippen molar-refractivity contribution < 1.29 is 19.4 Å². The highest BCUT2D eigenvalue weighted by molar-refractivity contribution is 5.69. The molecule has 0 radical (unpaired) electrons. The number of carbonyl (C=O) groups is 2. The van der Waals surface area contributed by atoms with Crippen molar-refractivity contribution in [1.82, 2.24) is 0 Å². The number of allylic oxidation sites excluding steroid dienone is 4. The maximum atomic E-state index is 12.4. The van der Waals surface area contributed by atoms with Crippen LogP contribution in [0.2, 0.25) is 0 Å². The topological polar surface area (TPSA) is 63.6 Å². The molecule has 0 aliphatic heterocycles. The monoisotopic (exact) mass is 605 g/mol. The lowest BCUT2D eigenvalue weighted by molar-refractivity contribution is -0.150. The first-order valence-electron chi connectivity index (χ1n) is 18.8. The molecule has 0 aromatic heterocycles. The molecule has 43 heavy (non-hydrogen) atoms. The van der Waals surface area contributed by atoms with E-state index in [0.29, 0.717) is 19.3 Å². The van der Waals surface area contributed by atoms with Gasteiger partial charge >= 0.3 is 11.9 Å². The van der Waals surface area contributed by atoms with E-state index >= 15 is 0 Å². The van der Waals surface area contributed by atoms with Crippen LogP contribution in [0.1, 0.15) is 206 Å². The molecule has 0 rings (SSSR count). The van der Waals surface area contributed by atoms with Gasteiger partial charge in [0.15, 0.2) is 0 Å². The van der Waals surface area contributed by atoms with E-state index in [9.17, 15) is 9.59 Å². The van der Waals surface area contributed by atoms with Gasteiger partial charge in [-0.1, -0.05) is 154 Å². The van der Waals surface area contributed by atoms with Crippen molar-refractivity contribution in [3.8, 4) is 0 Å². The minimum absolute atomic E-state index is 0.0926. The SMILES string of the molecule is CCCCC/C=C\C/C=C\CCCCCCCCCCCCCC(=O)OC(CCCCCCCCCC)CCCC(=O)O. The van der Waals surface area contributed by atoms with Crippen LogP contribution in [0.25, 0.3) is 0 Å². The zero-order valence-corrected chi connectivity index (χ0v) is 28.8. The Labute approximate surface area is 267 Å². The average molecular weight is 605 g/mol. The fourth-order valence-electron chi connectivity index (χ4n) is 5.64. The van der Waals surface area contributed by atoms with Gasteiger partial charge in [0.25, 0.3) is 0 Å². The largest absolute Gasteiger partial charge is 0.481 e. The van der Waals surface area contributed by atoms with Gasteiger partial charge in [-0.2, -0.15) is 0 Å². The molecule has 0 saturated carbocycles. The van der Waals surface area contributed by atoms with Crippen LogP contribution in [0, 0.1) is 0 Å². The molecule has 0 aliphatic rings. The maximum absolute atomic E-state index is 12.4. The van der Waals surface area contributed by atoms with Crippen molar-refractivity contribution >= 4 is 11.9 Å². The molecule has 0 saturated heterocycles. The van der Waals surface area contributed by atoms with Crippen LogP contribution >= 0.6 is 0 Å². The predicted molar refractivity (Wildman–Crippen MR) is 186 cm³/mol. The van der Waals surface area contributed by atoms with Crippen LogP contribution in [-0.2, 0) is 14.3 Å². The van der Waals surface area contributed by atoms with Crippen molar-refractivity contribution in [3.63, 3.8) is 0 Å². The number of aliphatic carboxylic acids is 1. The molecule has 0 aromatic carbocycles. The van der Waals surface area contributed by atoms with Gasteiger partial charge in [0.2, 0.25) is 0 Å². The normalized spacial score (nSPS) is 12.4. The maximum Gasteiger partial charge on any atom is 0.306 e. The van der Waals surface area contributed by atoms with Crippen LogP contribution in [0.15, 0.2) is 24.3 Å². The third-order valence-corrected chi connectivity index (χ3v) is 8.43. The molecule has 0 heterocycles. The zero-order chi connectivity index (χ0) is 31.5. The summed E-state index contributed by atoms with van der Waals surface area (Å²) in [5, 5.41) is 8.97. The Bertz CT molecular complexity index is 654. The lowest BCUT2D eigenvalue weighted by Crippen LogP contribution is -2.18. The quantitative estimate of drug-likeness (QED) is 0.0451. The van der Waals surface area contributed by atoms with Gasteiger partial charge < -0.3 is 9.84 Å². The fraction of sp³-hybridized carbons (Fsp3) is 0.846. The zero-order valence-electron chi connectivity index (χ0n) is 28.8. The molecule has 1 unspecified atom stereocenters. The summed E-state index contributed by atoms with van der Waals surface area (Å²) in [5.74, 6) is -0.863. The smallest absolute Gasteiger partial charge is 0.306 e. The number of hydrogen-bond donors (Lipinski definition) is 1. The van der Waals surface area contributed by atoms with Gasteiger partial charge in [-0.25, -0.2) is 0 Å². The number of rotatable bonds is 34. The summed E-state index contributed by atoms with van der Waals surface area (Å²) in [6, 6.07) is 0. The summed E-state index contributed by atoms with van der Waals surface area (Å²) < 4.78 is 5.80. The van der Waals surface area contributed by atoms with E-state index in [1.165, 1.54) is 135 Å². The summed E-state index contributed by atoms with van der Waals surface area (Å²) >= 11 is 0.